The van der Waals surface area contributed by atoms with E-state index in [0.29, 0.717) is 6.42 Å². The van der Waals surface area contributed by atoms with Crippen LogP contribution in [0.2, 0.25) is 0 Å². The van der Waals surface area contributed by atoms with Gasteiger partial charge in [0.15, 0.2) is 5.78 Å². The monoisotopic (exact) mass is 318 g/mol. The van der Waals surface area contributed by atoms with Gasteiger partial charge in [0.1, 0.15) is 0 Å². The lowest BCUT2D eigenvalue weighted by atomic mass is 9.92. The van der Waals surface area contributed by atoms with E-state index in [0.717, 1.165) is 10.4 Å². The van der Waals surface area contributed by atoms with Crippen LogP contribution in [0.5, 0.6) is 0 Å². The summed E-state index contributed by atoms with van der Waals surface area (Å²) in [6, 6.07) is 24.2. The zero-order valence-corrected chi connectivity index (χ0v) is 13.6. The van der Waals surface area contributed by atoms with Crippen molar-refractivity contribution in [3.63, 3.8) is 0 Å². The second kappa shape index (κ2) is 7.70. The predicted molar refractivity (Wildman–Crippen MR) is 97.9 cm³/mol. The van der Waals surface area contributed by atoms with Gasteiger partial charge >= 0.3 is 0 Å². The Hall–Kier alpha value is -2.45. The van der Waals surface area contributed by atoms with Crippen molar-refractivity contribution in [3.05, 3.63) is 100 Å². The molecule has 23 heavy (non-hydrogen) atoms. The normalized spacial score (nSPS) is 12.3. The van der Waals surface area contributed by atoms with Crippen molar-refractivity contribution in [2.45, 2.75) is 12.3 Å². The highest BCUT2D eigenvalue weighted by atomic mass is 32.1. The Bertz CT molecular complexity index is 758. The van der Waals surface area contributed by atoms with Crippen molar-refractivity contribution < 1.29 is 4.79 Å². The van der Waals surface area contributed by atoms with Crippen LogP contribution in [0.3, 0.4) is 0 Å². The molecule has 3 aromatic rings. The molecule has 1 unspecified atom stereocenters. The zero-order valence-electron chi connectivity index (χ0n) is 12.8. The average Bonchev–Trinajstić information content (AvgIpc) is 3.15. The first-order chi connectivity index (χ1) is 11.3. The average molecular weight is 318 g/mol. The fourth-order valence-electron chi connectivity index (χ4n) is 2.53. The highest BCUT2D eigenvalue weighted by Crippen LogP contribution is 2.25. The molecule has 1 aromatic heterocycles. The summed E-state index contributed by atoms with van der Waals surface area (Å²) in [6.07, 6.45) is 4.73. The summed E-state index contributed by atoms with van der Waals surface area (Å²) in [5.41, 5.74) is 2.32. The van der Waals surface area contributed by atoms with Crippen LogP contribution in [0, 0.1) is 0 Å². The van der Waals surface area contributed by atoms with Gasteiger partial charge in [-0.1, -0.05) is 78.9 Å². The summed E-state index contributed by atoms with van der Waals surface area (Å²) in [5, 5.41) is 1.95. The Kier molecular flexibility index (Phi) is 5.17. The summed E-state index contributed by atoms with van der Waals surface area (Å²) >= 11 is 1.51. The van der Waals surface area contributed by atoms with Crippen molar-refractivity contribution in [1.82, 2.24) is 0 Å². The number of rotatable bonds is 6. The lowest BCUT2D eigenvalue weighted by Crippen LogP contribution is -2.04. The largest absolute Gasteiger partial charge is 0.293 e. The van der Waals surface area contributed by atoms with Crippen molar-refractivity contribution >= 4 is 23.2 Å². The molecule has 0 saturated heterocycles. The van der Waals surface area contributed by atoms with Crippen LogP contribution in [0.4, 0.5) is 0 Å². The predicted octanol–water partition coefficient (Wildman–Crippen LogP) is 5.82. The van der Waals surface area contributed by atoms with E-state index in [2.05, 4.69) is 36.4 Å². The number of allylic oxidation sites excluding steroid dienone is 1. The summed E-state index contributed by atoms with van der Waals surface area (Å²) in [7, 11) is 0. The van der Waals surface area contributed by atoms with Gasteiger partial charge in [-0.15, -0.1) is 11.3 Å². The molecule has 0 fully saturated rings. The van der Waals surface area contributed by atoms with Gasteiger partial charge in [-0.2, -0.15) is 0 Å². The molecule has 0 N–H and O–H groups in total. The minimum atomic E-state index is 0.0889. The van der Waals surface area contributed by atoms with Crippen LogP contribution in [0.1, 0.15) is 33.1 Å². The smallest absolute Gasteiger partial charge is 0.173 e. The molecule has 0 amide bonds. The van der Waals surface area contributed by atoms with Gasteiger partial charge in [-0.3, -0.25) is 4.79 Å². The lowest BCUT2D eigenvalue weighted by Gasteiger charge is -2.12. The van der Waals surface area contributed by atoms with Gasteiger partial charge in [-0.05, 0) is 22.6 Å². The number of hydrogen-bond donors (Lipinski definition) is 0. The highest BCUT2D eigenvalue weighted by molar-refractivity contribution is 7.12. The lowest BCUT2D eigenvalue weighted by molar-refractivity contribution is 0.0982. The standard InChI is InChI=1S/C21H18OS/c22-20(21-12-7-15-23-21)16-19(18-10-5-2-6-11-18)14-13-17-8-3-1-4-9-17/h1-15,19H,16H2/b14-13+. The van der Waals surface area contributed by atoms with Gasteiger partial charge in [0.25, 0.3) is 0 Å². The molecular formula is C21H18OS. The number of thiophene rings is 1. The summed E-state index contributed by atoms with van der Waals surface area (Å²) in [4.78, 5) is 13.3. The maximum atomic E-state index is 12.5. The molecule has 0 spiro atoms. The third-order valence-electron chi connectivity index (χ3n) is 3.75. The molecule has 2 aromatic carbocycles. The third-order valence-corrected chi connectivity index (χ3v) is 4.66. The number of benzene rings is 2. The third kappa shape index (κ3) is 4.27. The Morgan fingerprint density at radius 2 is 1.61 bits per heavy atom. The molecule has 114 valence electrons. The fraction of sp³-hybridized carbons (Fsp3) is 0.0952. The first-order valence-electron chi connectivity index (χ1n) is 7.68. The quantitative estimate of drug-likeness (QED) is 0.523. The van der Waals surface area contributed by atoms with Gasteiger partial charge in [0.05, 0.1) is 4.88 Å². The summed E-state index contributed by atoms with van der Waals surface area (Å²) in [6.45, 7) is 0. The summed E-state index contributed by atoms with van der Waals surface area (Å²) < 4.78 is 0. The fourth-order valence-corrected chi connectivity index (χ4v) is 3.20. The number of carbonyl (C=O) groups is 1. The highest BCUT2D eigenvalue weighted by Gasteiger charge is 2.15. The van der Waals surface area contributed by atoms with E-state index < -0.39 is 0 Å². The van der Waals surface area contributed by atoms with Crippen LogP contribution in [0.25, 0.3) is 6.08 Å². The minimum Gasteiger partial charge on any atom is -0.293 e. The minimum absolute atomic E-state index is 0.0889. The van der Waals surface area contributed by atoms with Crippen LogP contribution in [-0.2, 0) is 0 Å². The van der Waals surface area contributed by atoms with E-state index in [1.165, 1.54) is 16.9 Å². The second-order valence-corrected chi connectivity index (χ2v) is 6.34. The topological polar surface area (TPSA) is 17.1 Å². The molecular weight excluding hydrogens is 300 g/mol. The molecule has 0 aliphatic heterocycles. The number of Topliss-reactive ketones (excluding diaryl/α,β-unsaturated/α-hetero) is 1. The Morgan fingerprint density at radius 1 is 0.913 bits per heavy atom. The number of carbonyl (C=O) groups excluding carboxylic acids is 1. The molecule has 1 atom stereocenters. The van der Waals surface area contributed by atoms with Crippen LogP contribution in [0.15, 0.2) is 84.3 Å². The number of hydrogen-bond acceptors (Lipinski definition) is 2. The molecule has 0 radical (unpaired) electrons. The van der Waals surface area contributed by atoms with Gasteiger partial charge in [-0.25, -0.2) is 0 Å². The van der Waals surface area contributed by atoms with Gasteiger partial charge in [0.2, 0.25) is 0 Å². The molecule has 1 nitrogen and oxygen atoms in total. The maximum absolute atomic E-state index is 12.5. The SMILES string of the molecule is O=C(CC(/C=C/c1ccccc1)c1ccccc1)c1cccs1. The maximum Gasteiger partial charge on any atom is 0.173 e. The molecule has 0 saturated carbocycles. The van der Waals surface area contributed by atoms with E-state index in [-0.39, 0.29) is 11.7 Å². The van der Waals surface area contributed by atoms with Crippen molar-refractivity contribution in [1.29, 1.82) is 0 Å². The summed E-state index contributed by atoms with van der Waals surface area (Å²) in [5.74, 6) is 0.289. The Labute approximate surface area is 140 Å². The number of ketones is 1. The first kappa shape index (κ1) is 15.4. The van der Waals surface area contributed by atoms with Crippen LogP contribution >= 0.6 is 11.3 Å². The van der Waals surface area contributed by atoms with E-state index in [4.69, 9.17) is 0 Å². The Morgan fingerprint density at radius 3 is 2.26 bits per heavy atom. The molecule has 0 bridgehead atoms. The van der Waals surface area contributed by atoms with E-state index in [1.807, 2.05) is 53.9 Å². The van der Waals surface area contributed by atoms with Crippen LogP contribution in [-0.4, -0.2) is 5.78 Å². The zero-order chi connectivity index (χ0) is 15.9. The van der Waals surface area contributed by atoms with E-state index in [9.17, 15) is 4.79 Å². The first-order valence-corrected chi connectivity index (χ1v) is 8.56. The second-order valence-electron chi connectivity index (χ2n) is 5.39. The van der Waals surface area contributed by atoms with Crippen LogP contribution < -0.4 is 0 Å². The molecule has 3 rings (SSSR count). The molecule has 0 aliphatic carbocycles. The van der Waals surface area contributed by atoms with E-state index >= 15 is 0 Å². The van der Waals surface area contributed by atoms with Crippen molar-refractivity contribution in [2.24, 2.45) is 0 Å². The van der Waals surface area contributed by atoms with Gasteiger partial charge < -0.3 is 0 Å². The van der Waals surface area contributed by atoms with E-state index in [1.54, 1.807) is 0 Å². The molecule has 0 aliphatic rings. The van der Waals surface area contributed by atoms with Crippen molar-refractivity contribution in [3.8, 4) is 0 Å². The van der Waals surface area contributed by atoms with Gasteiger partial charge in [0, 0.05) is 12.3 Å². The molecule has 2 heteroatoms. The Balaban J connectivity index is 1.82. The van der Waals surface area contributed by atoms with Crippen molar-refractivity contribution in [2.75, 3.05) is 0 Å². The molecule has 1 heterocycles.